The monoisotopic (exact) mass is 269 g/mol. The van der Waals surface area contributed by atoms with Gasteiger partial charge in [0.2, 0.25) is 0 Å². The number of nitrogens with one attached hydrogen (secondary N) is 1. The summed E-state index contributed by atoms with van der Waals surface area (Å²) in [5.74, 6) is 0.907. The van der Waals surface area contributed by atoms with Crippen LogP contribution in [-0.2, 0) is 0 Å². The average molecular weight is 269 g/mol. The highest BCUT2D eigenvalue weighted by Gasteiger charge is 2.23. The van der Waals surface area contributed by atoms with Crippen LogP contribution in [0.15, 0.2) is 0 Å². The van der Waals surface area contributed by atoms with E-state index in [1.807, 2.05) is 0 Å². The minimum absolute atomic E-state index is 0.703. The maximum absolute atomic E-state index is 3.73. The van der Waals surface area contributed by atoms with E-state index in [1.54, 1.807) is 0 Å². The molecular weight excluding hydrogens is 234 g/mol. The summed E-state index contributed by atoms with van der Waals surface area (Å²) in [7, 11) is 6.59. The maximum atomic E-state index is 3.73. The summed E-state index contributed by atoms with van der Waals surface area (Å²) in [6.07, 6.45) is 8.47. The Hall–Kier alpha value is -0.120. The van der Waals surface area contributed by atoms with Gasteiger partial charge >= 0.3 is 0 Å². The molecule has 0 aliphatic heterocycles. The Bertz CT molecular complexity index is 212. The summed E-state index contributed by atoms with van der Waals surface area (Å²) in [5.41, 5.74) is 0. The molecule has 19 heavy (non-hydrogen) atoms. The number of nitrogens with zero attached hydrogens (tertiary/aromatic N) is 2. The molecule has 1 fully saturated rings. The molecule has 0 aromatic heterocycles. The van der Waals surface area contributed by atoms with Crippen LogP contribution in [0.3, 0.4) is 0 Å². The number of hydrogen-bond acceptors (Lipinski definition) is 3. The van der Waals surface area contributed by atoms with E-state index in [0.29, 0.717) is 6.04 Å². The summed E-state index contributed by atoms with van der Waals surface area (Å²) < 4.78 is 0. The number of rotatable bonds is 9. The van der Waals surface area contributed by atoms with Crippen molar-refractivity contribution >= 4 is 0 Å². The second kappa shape index (κ2) is 9.73. The lowest BCUT2D eigenvalue weighted by molar-refractivity contribution is 0.202. The highest BCUT2D eigenvalue weighted by molar-refractivity contribution is 4.81. The lowest BCUT2D eigenvalue weighted by atomic mass is 9.83. The fourth-order valence-corrected chi connectivity index (χ4v) is 3.26. The van der Waals surface area contributed by atoms with Crippen LogP contribution < -0.4 is 5.32 Å². The van der Waals surface area contributed by atoms with Crippen molar-refractivity contribution in [3.63, 3.8) is 0 Å². The molecule has 0 heterocycles. The molecule has 0 aromatic carbocycles. The van der Waals surface area contributed by atoms with Crippen molar-refractivity contribution in [2.75, 3.05) is 47.3 Å². The summed E-state index contributed by atoms with van der Waals surface area (Å²) in [6.45, 7) is 6.97. The van der Waals surface area contributed by atoms with Crippen LogP contribution >= 0.6 is 0 Å². The van der Waals surface area contributed by atoms with Crippen molar-refractivity contribution in [1.29, 1.82) is 0 Å². The average Bonchev–Trinajstić information content (AvgIpc) is 2.39. The van der Waals surface area contributed by atoms with Gasteiger partial charge in [0.25, 0.3) is 0 Å². The van der Waals surface area contributed by atoms with Gasteiger partial charge < -0.3 is 15.1 Å². The molecule has 0 saturated heterocycles. The van der Waals surface area contributed by atoms with E-state index in [0.717, 1.165) is 12.5 Å². The minimum Gasteiger partial charge on any atom is -0.313 e. The Morgan fingerprint density at radius 2 is 1.74 bits per heavy atom. The van der Waals surface area contributed by atoms with Crippen LogP contribution in [0.4, 0.5) is 0 Å². The van der Waals surface area contributed by atoms with E-state index in [1.165, 1.54) is 58.2 Å². The summed E-state index contributed by atoms with van der Waals surface area (Å²) in [6, 6.07) is 0.703. The lowest BCUT2D eigenvalue weighted by Gasteiger charge is -2.33. The smallest absolute Gasteiger partial charge is 0.0222 e. The van der Waals surface area contributed by atoms with Gasteiger partial charge in [-0.2, -0.15) is 0 Å². The molecule has 1 unspecified atom stereocenters. The fraction of sp³-hybridized carbons (Fsp3) is 1.00. The van der Waals surface area contributed by atoms with E-state index >= 15 is 0 Å². The Kier molecular flexibility index (Phi) is 8.67. The largest absolute Gasteiger partial charge is 0.313 e. The van der Waals surface area contributed by atoms with Crippen LogP contribution in [0, 0.1) is 5.92 Å². The molecule has 1 N–H and O–H groups in total. The van der Waals surface area contributed by atoms with E-state index in [-0.39, 0.29) is 0 Å². The second-order valence-corrected chi connectivity index (χ2v) is 6.48. The van der Waals surface area contributed by atoms with Crippen molar-refractivity contribution in [2.24, 2.45) is 5.92 Å². The van der Waals surface area contributed by atoms with Gasteiger partial charge in [-0.15, -0.1) is 0 Å². The standard InChI is InChI=1S/C16H35N3/c1-5-17-16(15-10-7-6-8-11-15)14-19(4)13-9-12-18(2)3/h15-17H,5-14H2,1-4H3. The number of hydrogen-bond donors (Lipinski definition) is 1. The van der Waals surface area contributed by atoms with Crippen LogP contribution in [0.1, 0.15) is 45.4 Å². The molecule has 3 nitrogen and oxygen atoms in total. The van der Waals surface area contributed by atoms with Gasteiger partial charge in [0.05, 0.1) is 0 Å². The molecule has 1 aliphatic carbocycles. The van der Waals surface area contributed by atoms with Crippen LogP contribution in [0.25, 0.3) is 0 Å². The first kappa shape index (κ1) is 16.9. The van der Waals surface area contributed by atoms with E-state index < -0.39 is 0 Å². The molecular formula is C16H35N3. The van der Waals surface area contributed by atoms with Crippen molar-refractivity contribution in [2.45, 2.75) is 51.5 Å². The predicted molar refractivity (Wildman–Crippen MR) is 84.7 cm³/mol. The molecule has 1 saturated carbocycles. The molecule has 3 heteroatoms. The van der Waals surface area contributed by atoms with E-state index in [2.05, 4.69) is 43.2 Å². The van der Waals surface area contributed by atoms with Crippen LogP contribution in [-0.4, -0.2) is 63.2 Å². The van der Waals surface area contributed by atoms with Gasteiger partial charge in [-0.05, 0) is 66.0 Å². The third-order valence-corrected chi connectivity index (χ3v) is 4.34. The molecule has 0 radical (unpaired) electrons. The van der Waals surface area contributed by atoms with Crippen molar-refractivity contribution in [3.8, 4) is 0 Å². The molecule has 1 aliphatic rings. The van der Waals surface area contributed by atoms with E-state index in [4.69, 9.17) is 0 Å². The van der Waals surface area contributed by atoms with Crippen molar-refractivity contribution in [3.05, 3.63) is 0 Å². The molecule has 114 valence electrons. The summed E-state index contributed by atoms with van der Waals surface area (Å²) >= 11 is 0. The van der Waals surface area contributed by atoms with Crippen molar-refractivity contribution in [1.82, 2.24) is 15.1 Å². The minimum atomic E-state index is 0.703. The first-order valence-corrected chi connectivity index (χ1v) is 8.20. The van der Waals surface area contributed by atoms with Crippen LogP contribution in [0.2, 0.25) is 0 Å². The Balaban J connectivity index is 2.30. The highest BCUT2D eigenvalue weighted by Crippen LogP contribution is 2.26. The SMILES string of the molecule is CCNC(CN(C)CCCN(C)C)C1CCCCC1. The topological polar surface area (TPSA) is 18.5 Å². The molecule has 0 aromatic rings. The molecule has 0 spiro atoms. The Morgan fingerprint density at radius 3 is 2.32 bits per heavy atom. The van der Waals surface area contributed by atoms with E-state index in [9.17, 15) is 0 Å². The summed E-state index contributed by atoms with van der Waals surface area (Å²) in [5, 5.41) is 3.73. The zero-order valence-corrected chi connectivity index (χ0v) is 13.6. The zero-order chi connectivity index (χ0) is 14.1. The third-order valence-electron chi connectivity index (χ3n) is 4.34. The zero-order valence-electron chi connectivity index (χ0n) is 13.6. The first-order chi connectivity index (χ1) is 9.13. The maximum Gasteiger partial charge on any atom is 0.0222 e. The normalized spacial score (nSPS) is 19.3. The van der Waals surface area contributed by atoms with Crippen LogP contribution in [0.5, 0.6) is 0 Å². The van der Waals surface area contributed by atoms with Gasteiger partial charge in [-0.25, -0.2) is 0 Å². The second-order valence-electron chi connectivity index (χ2n) is 6.48. The lowest BCUT2D eigenvalue weighted by Crippen LogP contribution is -2.45. The number of likely N-dealkylation sites (N-methyl/N-ethyl adjacent to an activating group) is 2. The molecule has 0 bridgehead atoms. The van der Waals surface area contributed by atoms with Gasteiger partial charge in [-0.1, -0.05) is 26.2 Å². The molecule has 1 rings (SSSR count). The van der Waals surface area contributed by atoms with Gasteiger partial charge in [0, 0.05) is 12.6 Å². The first-order valence-electron chi connectivity index (χ1n) is 8.20. The molecule has 1 atom stereocenters. The van der Waals surface area contributed by atoms with Gasteiger partial charge in [0.1, 0.15) is 0 Å². The summed E-state index contributed by atoms with van der Waals surface area (Å²) in [4.78, 5) is 4.79. The predicted octanol–water partition coefficient (Wildman–Crippen LogP) is 2.43. The highest BCUT2D eigenvalue weighted by atomic mass is 15.1. The van der Waals surface area contributed by atoms with Gasteiger partial charge in [-0.3, -0.25) is 0 Å². The Labute approximate surface area is 120 Å². The molecule has 0 amide bonds. The van der Waals surface area contributed by atoms with Gasteiger partial charge in [0.15, 0.2) is 0 Å². The third kappa shape index (κ3) is 7.28. The van der Waals surface area contributed by atoms with Crippen molar-refractivity contribution < 1.29 is 0 Å². The quantitative estimate of drug-likeness (QED) is 0.693. The fourth-order valence-electron chi connectivity index (χ4n) is 3.26. The Morgan fingerprint density at radius 1 is 1.05 bits per heavy atom.